The van der Waals surface area contributed by atoms with E-state index in [2.05, 4.69) is 20.1 Å². The Morgan fingerprint density at radius 1 is 1.39 bits per heavy atom. The summed E-state index contributed by atoms with van der Waals surface area (Å²) < 4.78 is 2.17. The van der Waals surface area contributed by atoms with Crippen molar-refractivity contribution in [1.29, 1.82) is 0 Å². The molecule has 0 bridgehead atoms. The van der Waals surface area contributed by atoms with Gasteiger partial charge in [0.1, 0.15) is 5.82 Å². The van der Waals surface area contributed by atoms with E-state index in [1.807, 2.05) is 13.8 Å². The van der Waals surface area contributed by atoms with Gasteiger partial charge in [0.15, 0.2) is 5.82 Å². The fourth-order valence-corrected chi connectivity index (χ4v) is 2.20. The van der Waals surface area contributed by atoms with Gasteiger partial charge in [-0.2, -0.15) is 0 Å². The highest BCUT2D eigenvalue weighted by Crippen LogP contribution is 2.14. The molecule has 1 N–H and O–H groups in total. The molecule has 0 aromatic carbocycles. The largest absolute Gasteiger partial charge is 0.349 e. The van der Waals surface area contributed by atoms with Crippen molar-refractivity contribution in [2.24, 2.45) is 5.92 Å². The maximum Gasteiger partial charge on any atom is 0.223 e. The Kier molecular flexibility index (Phi) is 4.33. The van der Waals surface area contributed by atoms with Crippen LogP contribution in [0.25, 0.3) is 0 Å². The number of aromatic nitrogens is 3. The van der Waals surface area contributed by atoms with Gasteiger partial charge in [0.25, 0.3) is 0 Å². The molecular weight excluding hydrogens is 228 g/mol. The quantitative estimate of drug-likeness (QED) is 0.884. The van der Waals surface area contributed by atoms with Crippen LogP contribution in [0.4, 0.5) is 0 Å². The van der Waals surface area contributed by atoms with Gasteiger partial charge < -0.3 is 9.88 Å². The molecule has 0 radical (unpaired) electrons. The number of nitrogens with one attached hydrogen (secondary N) is 1. The normalized spacial score (nSPS) is 16.8. The first-order chi connectivity index (χ1) is 8.72. The first-order valence-corrected chi connectivity index (χ1v) is 6.91. The molecule has 0 aliphatic carbocycles. The third kappa shape index (κ3) is 2.89. The lowest BCUT2D eigenvalue weighted by Gasteiger charge is -2.11. The molecule has 0 fully saturated rings. The van der Waals surface area contributed by atoms with Crippen LogP contribution >= 0.6 is 0 Å². The van der Waals surface area contributed by atoms with Crippen molar-refractivity contribution < 1.29 is 4.79 Å². The van der Waals surface area contributed by atoms with E-state index in [-0.39, 0.29) is 11.8 Å². The second kappa shape index (κ2) is 5.98. The van der Waals surface area contributed by atoms with E-state index < -0.39 is 0 Å². The minimum atomic E-state index is 0.0662. The first-order valence-electron chi connectivity index (χ1n) is 6.91. The van der Waals surface area contributed by atoms with E-state index in [1.165, 1.54) is 19.3 Å². The molecule has 0 saturated carbocycles. The van der Waals surface area contributed by atoms with Crippen LogP contribution in [0.1, 0.15) is 51.2 Å². The van der Waals surface area contributed by atoms with Crippen LogP contribution in [-0.2, 0) is 24.3 Å². The number of amides is 1. The third-order valence-corrected chi connectivity index (χ3v) is 3.67. The van der Waals surface area contributed by atoms with Crippen molar-refractivity contribution in [1.82, 2.24) is 20.1 Å². The maximum atomic E-state index is 11.7. The number of hydrogen-bond acceptors (Lipinski definition) is 3. The Balaban J connectivity index is 1.98. The molecule has 18 heavy (non-hydrogen) atoms. The maximum absolute atomic E-state index is 11.7. The highest BCUT2D eigenvalue weighted by atomic mass is 16.1. The fourth-order valence-electron chi connectivity index (χ4n) is 2.20. The van der Waals surface area contributed by atoms with Crippen molar-refractivity contribution >= 4 is 5.91 Å². The van der Waals surface area contributed by atoms with Gasteiger partial charge in [-0.1, -0.05) is 20.3 Å². The summed E-state index contributed by atoms with van der Waals surface area (Å²) in [6.07, 6.45) is 5.49. The fraction of sp³-hybridized carbons (Fsp3) is 0.769. The number of rotatable bonds is 4. The lowest BCUT2D eigenvalue weighted by molar-refractivity contribution is -0.124. The van der Waals surface area contributed by atoms with E-state index >= 15 is 0 Å². The lowest BCUT2D eigenvalue weighted by Crippen LogP contribution is -2.29. The van der Waals surface area contributed by atoms with Gasteiger partial charge in [-0.05, 0) is 19.3 Å². The smallest absolute Gasteiger partial charge is 0.223 e. The number of nitrogens with zero attached hydrogens (tertiary/aromatic N) is 3. The predicted molar refractivity (Wildman–Crippen MR) is 68.9 cm³/mol. The molecule has 5 heteroatoms. The van der Waals surface area contributed by atoms with Crippen molar-refractivity contribution in [3.63, 3.8) is 0 Å². The van der Waals surface area contributed by atoms with Gasteiger partial charge in [-0.25, -0.2) is 0 Å². The summed E-state index contributed by atoms with van der Waals surface area (Å²) in [6, 6.07) is 0. The molecular formula is C13H22N4O. The van der Waals surface area contributed by atoms with E-state index in [1.54, 1.807) is 0 Å². The summed E-state index contributed by atoms with van der Waals surface area (Å²) in [5.74, 6) is 2.13. The highest BCUT2D eigenvalue weighted by Gasteiger charge is 2.16. The van der Waals surface area contributed by atoms with Crippen LogP contribution in [0, 0.1) is 5.92 Å². The zero-order chi connectivity index (χ0) is 13.0. The zero-order valence-electron chi connectivity index (χ0n) is 11.3. The zero-order valence-corrected chi connectivity index (χ0v) is 11.3. The van der Waals surface area contributed by atoms with E-state index in [4.69, 9.17) is 0 Å². The van der Waals surface area contributed by atoms with Gasteiger partial charge >= 0.3 is 0 Å². The molecule has 1 atom stereocenters. The topological polar surface area (TPSA) is 59.8 Å². The average molecular weight is 250 g/mol. The standard InChI is InChI=1S/C13H22N4O/c1-3-10(2)13(18)14-9-12-16-15-11-7-5-4-6-8-17(11)12/h10H,3-9H2,1-2H3,(H,14,18). The monoisotopic (exact) mass is 250 g/mol. The Labute approximate surface area is 108 Å². The third-order valence-electron chi connectivity index (χ3n) is 3.67. The number of carbonyl (C=O) groups excluding carboxylic acids is 1. The molecule has 2 heterocycles. The molecule has 1 aromatic heterocycles. The van der Waals surface area contributed by atoms with Crippen molar-refractivity contribution in [3.8, 4) is 0 Å². The molecule has 0 saturated heterocycles. The van der Waals surface area contributed by atoms with Gasteiger partial charge in [0.05, 0.1) is 6.54 Å². The van der Waals surface area contributed by atoms with Gasteiger partial charge in [0, 0.05) is 18.9 Å². The van der Waals surface area contributed by atoms with E-state index in [0.717, 1.165) is 31.0 Å². The number of aryl methyl sites for hydroxylation is 1. The average Bonchev–Trinajstić information content (AvgIpc) is 2.62. The second-order valence-electron chi connectivity index (χ2n) is 5.02. The van der Waals surface area contributed by atoms with E-state index in [0.29, 0.717) is 6.54 Å². The van der Waals surface area contributed by atoms with Crippen molar-refractivity contribution in [2.75, 3.05) is 0 Å². The molecule has 5 nitrogen and oxygen atoms in total. The number of hydrogen-bond donors (Lipinski definition) is 1. The Morgan fingerprint density at radius 3 is 3.00 bits per heavy atom. The minimum Gasteiger partial charge on any atom is -0.349 e. The van der Waals surface area contributed by atoms with Crippen LogP contribution in [0.5, 0.6) is 0 Å². The number of fused-ring (bicyclic) bond motifs is 1. The number of carbonyl (C=O) groups is 1. The minimum absolute atomic E-state index is 0.0662. The van der Waals surface area contributed by atoms with Crippen LogP contribution < -0.4 is 5.32 Å². The summed E-state index contributed by atoms with van der Waals surface area (Å²) in [7, 11) is 0. The van der Waals surface area contributed by atoms with Crippen LogP contribution in [0.3, 0.4) is 0 Å². The Bertz CT molecular complexity index is 413. The summed E-state index contributed by atoms with van der Waals surface area (Å²) in [5.41, 5.74) is 0. The van der Waals surface area contributed by atoms with Crippen LogP contribution in [-0.4, -0.2) is 20.7 Å². The molecule has 1 aromatic rings. The summed E-state index contributed by atoms with van der Waals surface area (Å²) in [5, 5.41) is 11.4. The first kappa shape index (κ1) is 13.1. The van der Waals surface area contributed by atoms with Gasteiger partial charge in [0.2, 0.25) is 5.91 Å². The molecule has 1 aliphatic rings. The molecule has 0 spiro atoms. The SMILES string of the molecule is CCC(C)C(=O)NCc1nnc2n1CCCCC2. The van der Waals surface area contributed by atoms with Crippen molar-refractivity contribution in [3.05, 3.63) is 11.6 Å². The summed E-state index contributed by atoms with van der Waals surface area (Å²) in [6.45, 7) is 5.44. The second-order valence-corrected chi connectivity index (χ2v) is 5.02. The van der Waals surface area contributed by atoms with Crippen LogP contribution in [0.2, 0.25) is 0 Å². The Morgan fingerprint density at radius 2 is 2.22 bits per heavy atom. The molecule has 100 valence electrons. The highest BCUT2D eigenvalue weighted by molar-refractivity contribution is 5.78. The van der Waals surface area contributed by atoms with Crippen LogP contribution in [0.15, 0.2) is 0 Å². The molecule has 1 aliphatic heterocycles. The molecule has 2 rings (SSSR count). The van der Waals surface area contributed by atoms with Gasteiger partial charge in [-0.15, -0.1) is 10.2 Å². The molecule has 1 unspecified atom stereocenters. The Hall–Kier alpha value is -1.39. The van der Waals surface area contributed by atoms with E-state index in [9.17, 15) is 4.79 Å². The predicted octanol–water partition coefficient (Wildman–Crippen LogP) is 1.67. The summed E-state index contributed by atoms with van der Waals surface area (Å²) >= 11 is 0. The lowest BCUT2D eigenvalue weighted by atomic mass is 10.1. The summed E-state index contributed by atoms with van der Waals surface area (Å²) in [4.78, 5) is 11.7. The van der Waals surface area contributed by atoms with Crippen molar-refractivity contribution in [2.45, 2.75) is 59.0 Å². The van der Waals surface area contributed by atoms with Gasteiger partial charge in [-0.3, -0.25) is 4.79 Å². The molecule has 1 amide bonds.